The molecule has 3 N–H and O–H groups in total. The van der Waals surface area contributed by atoms with Crippen molar-refractivity contribution in [2.75, 3.05) is 12.8 Å². The predicted molar refractivity (Wildman–Crippen MR) is 90.9 cm³/mol. The molecule has 0 aliphatic heterocycles. The number of nitrogen functional groups attached to an aromatic ring is 1. The Morgan fingerprint density at radius 2 is 1.89 bits per heavy atom. The fourth-order valence-corrected chi connectivity index (χ4v) is 2.72. The summed E-state index contributed by atoms with van der Waals surface area (Å²) < 4.78 is 44.8. The zero-order chi connectivity index (χ0) is 19.9. The highest BCUT2D eigenvalue weighted by atomic mass is 19.4. The van der Waals surface area contributed by atoms with E-state index in [1.165, 1.54) is 12.3 Å². The molecule has 0 saturated carbocycles. The van der Waals surface area contributed by atoms with Gasteiger partial charge in [0.2, 0.25) is 5.56 Å². The number of benzene rings is 1. The van der Waals surface area contributed by atoms with E-state index < -0.39 is 34.4 Å². The smallest absolute Gasteiger partial charge is 0.416 e. The number of methoxy groups -OCH3 is 1. The fraction of sp³-hybridized carbons (Fsp3) is 0.118. The van der Waals surface area contributed by atoms with Gasteiger partial charge in [-0.05, 0) is 18.2 Å². The third kappa shape index (κ3) is 3.05. The highest BCUT2D eigenvalue weighted by molar-refractivity contribution is 6.04. The predicted octanol–water partition coefficient (Wildman–Crippen LogP) is 2.07. The molecule has 0 aliphatic rings. The summed E-state index contributed by atoms with van der Waals surface area (Å²) in [6, 6.07) is 4.89. The van der Waals surface area contributed by atoms with Crippen molar-refractivity contribution in [2.24, 2.45) is 0 Å². The molecule has 140 valence electrons. The molecule has 27 heavy (non-hydrogen) atoms. The van der Waals surface area contributed by atoms with Gasteiger partial charge in [0.15, 0.2) is 0 Å². The summed E-state index contributed by atoms with van der Waals surface area (Å²) in [4.78, 5) is 38.8. The summed E-state index contributed by atoms with van der Waals surface area (Å²) in [5, 5.41) is 0.0308. The van der Waals surface area contributed by atoms with Crippen LogP contribution in [-0.4, -0.2) is 22.6 Å². The quantitative estimate of drug-likeness (QED) is 0.663. The molecule has 2 heterocycles. The van der Waals surface area contributed by atoms with Crippen LogP contribution >= 0.6 is 0 Å². The van der Waals surface area contributed by atoms with Crippen molar-refractivity contribution in [1.82, 2.24) is 9.55 Å². The van der Waals surface area contributed by atoms with Crippen LogP contribution in [0.4, 0.5) is 18.9 Å². The zero-order valence-electron chi connectivity index (χ0n) is 13.8. The Bertz CT molecular complexity index is 1180. The molecule has 0 saturated heterocycles. The zero-order valence-corrected chi connectivity index (χ0v) is 13.8. The second-order valence-corrected chi connectivity index (χ2v) is 5.56. The number of nitrogens with one attached hydrogen (secondary N) is 1. The molecule has 0 atom stereocenters. The first-order valence-corrected chi connectivity index (χ1v) is 7.48. The maximum Gasteiger partial charge on any atom is 0.416 e. The minimum Gasteiger partial charge on any atom is -0.465 e. The average Bonchev–Trinajstić information content (AvgIpc) is 2.60. The monoisotopic (exact) mass is 379 g/mol. The summed E-state index contributed by atoms with van der Waals surface area (Å²) in [6.45, 7) is 0. The van der Waals surface area contributed by atoms with E-state index >= 15 is 0 Å². The number of fused-ring (bicyclic) bond motifs is 1. The number of rotatable bonds is 2. The number of hydrogen-bond acceptors (Lipinski definition) is 5. The number of aromatic nitrogens is 2. The molecule has 0 amide bonds. The molecule has 7 nitrogen and oxygen atoms in total. The highest BCUT2D eigenvalue weighted by Crippen LogP contribution is 2.33. The lowest BCUT2D eigenvalue weighted by Crippen LogP contribution is -2.29. The number of halogens is 3. The Hall–Kier alpha value is -3.56. The molecular formula is C17H12F3N3O4. The fourth-order valence-electron chi connectivity index (χ4n) is 2.72. The van der Waals surface area contributed by atoms with Crippen molar-refractivity contribution in [3.05, 3.63) is 68.4 Å². The highest BCUT2D eigenvalue weighted by Gasteiger charge is 2.32. The van der Waals surface area contributed by atoms with E-state index in [-0.39, 0.29) is 22.3 Å². The van der Waals surface area contributed by atoms with E-state index in [1.54, 1.807) is 0 Å². The number of esters is 1. The summed E-state index contributed by atoms with van der Waals surface area (Å²) in [5.74, 6) is -1.04. The van der Waals surface area contributed by atoms with Gasteiger partial charge in [-0.25, -0.2) is 4.79 Å². The summed E-state index contributed by atoms with van der Waals surface area (Å²) in [6.07, 6.45) is -3.45. The van der Waals surface area contributed by atoms with Gasteiger partial charge in [-0.1, -0.05) is 6.07 Å². The second kappa shape index (κ2) is 6.31. The van der Waals surface area contributed by atoms with E-state index in [4.69, 9.17) is 5.73 Å². The summed E-state index contributed by atoms with van der Waals surface area (Å²) >= 11 is 0. The molecule has 0 radical (unpaired) electrons. The number of nitrogens with two attached hydrogens (primary N) is 1. The van der Waals surface area contributed by atoms with Gasteiger partial charge in [0, 0.05) is 17.6 Å². The van der Waals surface area contributed by atoms with Gasteiger partial charge < -0.3 is 15.5 Å². The molecule has 0 bridgehead atoms. The van der Waals surface area contributed by atoms with Crippen molar-refractivity contribution in [1.29, 1.82) is 0 Å². The number of carbonyl (C=O) groups is 1. The lowest BCUT2D eigenvalue weighted by atomic mass is 10.1. The minimum atomic E-state index is -4.67. The standard InChI is InChI=1S/C17H12F3N3O4/c1-27-16(26)13-14(21)10-3-2-8(17(18,19)20)6-11(10)23(15(13)25)9-4-5-22-12(24)7-9/h2-7H,21H2,1H3,(H,22,24). The normalized spacial score (nSPS) is 11.6. The van der Waals surface area contributed by atoms with Crippen LogP contribution in [0.1, 0.15) is 15.9 Å². The van der Waals surface area contributed by atoms with E-state index in [2.05, 4.69) is 9.72 Å². The number of H-pyrrole nitrogens is 1. The molecule has 0 unspecified atom stereocenters. The Kier molecular flexibility index (Phi) is 4.26. The maximum atomic E-state index is 13.1. The molecule has 2 aromatic heterocycles. The SMILES string of the molecule is COC(=O)c1c(N)c2ccc(C(F)(F)F)cc2n(-c2cc[nH]c(=O)c2)c1=O. The van der Waals surface area contributed by atoms with Crippen LogP contribution in [0.25, 0.3) is 16.6 Å². The van der Waals surface area contributed by atoms with Crippen molar-refractivity contribution in [3.63, 3.8) is 0 Å². The summed E-state index contributed by atoms with van der Waals surface area (Å²) in [5.41, 5.74) is 2.19. The van der Waals surface area contributed by atoms with Crippen molar-refractivity contribution in [2.45, 2.75) is 6.18 Å². The molecule has 3 rings (SSSR count). The van der Waals surface area contributed by atoms with Crippen LogP contribution < -0.4 is 16.9 Å². The molecule has 0 fully saturated rings. The van der Waals surface area contributed by atoms with Gasteiger partial charge in [0.05, 0.1) is 29.6 Å². The van der Waals surface area contributed by atoms with Gasteiger partial charge in [-0.3, -0.25) is 14.2 Å². The topological polar surface area (TPSA) is 107 Å². The molecule has 0 spiro atoms. The minimum absolute atomic E-state index is 0.0294. The third-order valence-electron chi connectivity index (χ3n) is 3.95. The maximum absolute atomic E-state index is 13.1. The molecule has 1 aromatic carbocycles. The van der Waals surface area contributed by atoms with Gasteiger partial charge in [0.1, 0.15) is 5.56 Å². The van der Waals surface area contributed by atoms with Crippen LogP contribution in [0, 0.1) is 0 Å². The van der Waals surface area contributed by atoms with Crippen LogP contribution in [0.3, 0.4) is 0 Å². The second-order valence-electron chi connectivity index (χ2n) is 5.56. The van der Waals surface area contributed by atoms with E-state index in [0.29, 0.717) is 0 Å². The van der Waals surface area contributed by atoms with Gasteiger partial charge in [0.25, 0.3) is 5.56 Å². The number of nitrogens with zero attached hydrogens (tertiary/aromatic N) is 1. The number of carbonyl (C=O) groups excluding carboxylic acids is 1. The van der Waals surface area contributed by atoms with Crippen molar-refractivity contribution >= 4 is 22.6 Å². The number of ether oxygens (including phenoxy) is 1. The lowest BCUT2D eigenvalue weighted by Gasteiger charge is -2.16. The van der Waals surface area contributed by atoms with Crippen molar-refractivity contribution < 1.29 is 22.7 Å². The van der Waals surface area contributed by atoms with E-state index in [1.807, 2.05) is 0 Å². The number of aromatic amines is 1. The summed E-state index contributed by atoms with van der Waals surface area (Å²) in [7, 11) is 1.04. The Balaban J connectivity index is 2.54. The van der Waals surface area contributed by atoms with Gasteiger partial charge in [-0.15, -0.1) is 0 Å². The Labute approximate surface area is 148 Å². The number of pyridine rings is 2. The molecule has 0 aliphatic carbocycles. The molecular weight excluding hydrogens is 367 g/mol. The van der Waals surface area contributed by atoms with Crippen LogP contribution in [-0.2, 0) is 10.9 Å². The number of hydrogen-bond donors (Lipinski definition) is 2. The van der Waals surface area contributed by atoms with Crippen LogP contribution in [0.15, 0.2) is 46.1 Å². The first-order chi connectivity index (χ1) is 12.6. The van der Waals surface area contributed by atoms with Crippen LogP contribution in [0.5, 0.6) is 0 Å². The van der Waals surface area contributed by atoms with Crippen LogP contribution in [0.2, 0.25) is 0 Å². The van der Waals surface area contributed by atoms with E-state index in [0.717, 1.165) is 35.9 Å². The first kappa shape index (κ1) is 18.2. The number of anilines is 1. The van der Waals surface area contributed by atoms with Gasteiger partial charge >= 0.3 is 12.1 Å². The molecule has 3 aromatic rings. The van der Waals surface area contributed by atoms with E-state index in [9.17, 15) is 27.6 Å². The third-order valence-corrected chi connectivity index (χ3v) is 3.95. The largest absolute Gasteiger partial charge is 0.465 e. The average molecular weight is 379 g/mol. The first-order valence-electron chi connectivity index (χ1n) is 7.48. The number of alkyl halides is 3. The van der Waals surface area contributed by atoms with Crippen molar-refractivity contribution in [3.8, 4) is 5.69 Å². The van der Waals surface area contributed by atoms with Gasteiger partial charge in [-0.2, -0.15) is 13.2 Å². The lowest BCUT2D eigenvalue weighted by molar-refractivity contribution is -0.137. The Morgan fingerprint density at radius 1 is 1.19 bits per heavy atom. The molecule has 10 heteroatoms. The Morgan fingerprint density at radius 3 is 2.48 bits per heavy atom.